The fourth-order valence-electron chi connectivity index (χ4n) is 2.07. The van der Waals surface area contributed by atoms with E-state index in [-0.39, 0.29) is 5.41 Å². The van der Waals surface area contributed by atoms with Gasteiger partial charge in [0.1, 0.15) is 5.75 Å². The van der Waals surface area contributed by atoms with Crippen molar-refractivity contribution < 1.29 is 9.84 Å². The number of ether oxygens (including phenoxy) is 1. The number of para-hydroxylation sites is 1. The number of hydrogen-bond acceptors (Lipinski definition) is 2. The van der Waals surface area contributed by atoms with Crippen LogP contribution in [0.15, 0.2) is 30.3 Å². The highest BCUT2D eigenvalue weighted by Gasteiger charge is 2.35. The molecule has 1 N–H and O–H groups in total. The lowest BCUT2D eigenvalue weighted by molar-refractivity contribution is 0.0235. The Labute approximate surface area is 90.9 Å². The zero-order valence-electron chi connectivity index (χ0n) is 8.98. The molecule has 2 rings (SSSR count). The number of hydrogen-bond donors (Lipinski definition) is 1. The van der Waals surface area contributed by atoms with Crippen LogP contribution >= 0.6 is 0 Å². The van der Waals surface area contributed by atoms with Crippen molar-refractivity contribution in [2.24, 2.45) is 5.41 Å². The molecule has 0 atom stereocenters. The van der Waals surface area contributed by atoms with Gasteiger partial charge in [-0.25, -0.2) is 0 Å². The number of aliphatic hydroxyl groups is 1. The van der Waals surface area contributed by atoms with E-state index in [1.807, 2.05) is 30.3 Å². The predicted molar refractivity (Wildman–Crippen MR) is 59.9 cm³/mol. The summed E-state index contributed by atoms with van der Waals surface area (Å²) >= 11 is 0. The third-order valence-electron chi connectivity index (χ3n) is 3.39. The average molecular weight is 206 g/mol. The normalized spacial score (nSPS) is 18.2. The highest BCUT2D eigenvalue weighted by Crippen LogP contribution is 2.43. The van der Waals surface area contributed by atoms with E-state index in [1.165, 1.54) is 6.42 Å². The highest BCUT2D eigenvalue weighted by atomic mass is 16.5. The lowest BCUT2D eigenvalue weighted by Gasteiger charge is -2.40. The molecular weight excluding hydrogens is 188 g/mol. The van der Waals surface area contributed by atoms with E-state index in [0.717, 1.165) is 25.0 Å². The lowest BCUT2D eigenvalue weighted by Crippen LogP contribution is -2.34. The van der Waals surface area contributed by atoms with Gasteiger partial charge in [-0.3, -0.25) is 0 Å². The minimum Gasteiger partial charge on any atom is -0.494 e. The zero-order chi connectivity index (χ0) is 10.6. The molecule has 0 bridgehead atoms. The Morgan fingerprint density at radius 2 is 1.93 bits per heavy atom. The third-order valence-corrected chi connectivity index (χ3v) is 3.39. The predicted octanol–water partition coefficient (Wildman–Crippen LogP) is 2.62. The van der Waals surface area contributed by atoms with Crippen LogP contribution in [0.4, 0.5) is 0 Å². The fraction of sp³-hybridized carbons (Fsp3) is 0.538. The molecule has 0 heterocycles. The van der Waals surface area contributed by atoms with Gasteiger partial charge in [0.2, 0.25) is 0 Å². The van der Waals surface area contributed by atoms with Gasteiger partial charge in [0.05, 0.1) is 6.61 Å². The highest BCUT2D eigenvalue weighted by molar-refractivity contribution is 5.20. The molecule has 1 saturated carbocycles. The Morgan fingerprint density at radius 1 is 1.20 bits per heavy atom. The summed E-state index contributed by atoms with van der Waals surface area (Å²) in [5.41, 5.74) is 0.175. The Morgan fingerprint density at radius 3 is 2.47 bits per heavy atom. The standard InChI is InChI=1S/C13H18O2/c14-11-13(7-4-8-13)9-10-15-12-5-2-1-3-6-12/h1-3,5-6,14H,4,7-11H2. The van der Waals surface area contributed by atoms with Crippen LogP contribution in [0.5, 0.6) is 5.75 Å². The summed E-state index contributed by atoms with van der Waals surface area (Å²) in [5.74, 6) is 0.921. The molecule has 2 heteroatoms. The van der Waals surface area contributed by atoms with Crippen molar-refractivity contribution >= 4 is 0 Å². The van der Waals surface area contributed by atoms with E-state index in [2.05, 4.69) is 0 Å². The summed E-state index contributed by atoms with van der Waals surface area (Å²) < 4.78 is 5.63. The Hall–Kier alpha value is -1.02. The van der Waals surface area contributed by atoms with Crippen LogP contribution in [-0.2, 0) is 0 Å². The van der Waals surface area contributed by atoms with Gasteiger partial charge in [-0.1, -0.05) is 24.6 Å². The van der Waals surface area contributed by atoms with Gasteiger partial charge < -0.3 is 9.84 Å². The molecular formula is C13H18O2. The molecule has 0 saturated heterocycles. The molecule has 15 heavy (non-hydrogen) atoms. The van der Waals surface area contributed by atoms with Crippen molar-refractivity contribution in [1.29, 1.82) is 0 Å². The molecule has 2 nitrogen and oxygen atoms in total. The second kappa shape index (κ2) is 4.67. The molecule has 0 unspecified atom stereocenters. The van der Waals surface area contributed by atoms with Crippen LogP contribution in [-0.4, -0.2) is 18.3 Å². The van der Waals surface area contributed by atoms with E-state index in [9.17, 15) is 5.11 Å². The maximum atomic E-state index is 9.28. The van der Waals surface area contributed by atoms with Crippen LogP contribution in [0, 0.1) is 5.41 Å². The monoisotopic (exact) mass is 206 g/mol. The fourth-order valence-corrected chi connectivity index (χ4v) is 2.07. The second-order valence-corrected chi connectivity index (χ2v) is 4.42. The maximum absolute atomic E-state index is 9.28. The van der Waals surface area contributed by atoms with Crippen molar-refractivity contribution in [3.63, 3.8) is 0 Å². The summed E-state index contributed by atoms with van der Waals surface area (Å²) in [6.45, 7) is 1.02. The van der Waals surface area contributed by atoms with Crippen molar-refractivity contribution in [3.05, 3.63) is 30.3 Å². The first-order valence-electron chi connectivity index (χ1n) is 5.63. The number of benzene rings is 1. The molecule has 1 aliphatic rings. The molecule has 1 aromatic carbocycles. The molecule has 0 amide bonds. The van der Waals surface area contributed by atoms with Crippen LogP contribution in [0.1, 0.15) is 25.7 Å². The molecule has 0 aliphatic heterocycles. The Bertz CT molecular complexity index is 285. The van der Waals surface area contributed by atoms with E-state index in [4.69, 9.17) is 4.74 Å². The van der Waals surface area contributed by atoms with E-state index >= 15 is 0 Å². The van der Waals surface area contributed by atoms with Gasteiger partial charge in [0, 0.05) is 6.61 Å². The summed E-state index contributed by atoms with van der Waals surface area (Å²) in [4.78, 5) is 0. The summed E-state index contributed by atoms with van der Waals surface area (Å²) in [5, 5.41) is 9.28. The molecule has 1 aromatic rings. The van der Waals surface area contributed by atoms with Crippen LogP contribution in [0.2, 0.25) is 0 Å². The van der Waals surface area contributed by atoms with Crippen molar-refractivity contribution in [3.8, 4) is 5.75 Å². The van der Waals surface area contributed by atoms with Gasteiger partial charge in [-0.15, -0.1) is 0 Å². The van der Waals surface area contributed by atoms with Crippen LogP contribution in [0.3, 0.4) is 0 Å². The van der Waals surface area contributed by atoms with Gasteiger partial charge in [0.25, 0.3) is 0 Å². The zero-order valence-corrected chi connectivity index (χ0v) is 8.98. The van der Waals surface area contributed by atoms with Crippen LogP contribution in [0.25, 0.3) is 0 Å². The summed E-state index contributed by atoms with van der Waals surface area (Å²) in [6, 6.07) is 9.85. The minimum absolute atomic E-state index is 0.175. The quantitative estimate of drug-likeness (QED) is 0.802. The van der Waals surface area contributed by atoms with Crippen molar-refractivity contribution in [2.75, 3.05) is 13.2 Å². The van der Waals surface area contributed by atoms with Gasteiger partial charge >= 0.3 is 0 Å². The number of aliphatic hydroxyl groups excluding tert-OH is 1. The minimum atomic E-state index is 0.175. The largest absolute Gasteiger partial charge is 0.494 e. The van der Waals surface area contributed by atoms with E-state index < -0.39 is 0 Å². The van der Waals surface area contributed by atoms with Crippen LogP contribution < -0.4 is 4.74 Å². The molecule has 82 valence electrons. The topological polar surface area (TPSA) is 29.5 Å². The molecule has 0 radical (unpaired) electrons. The summed E-state index contributed by atoms with van der Waals surface area (Å²) in [6.07, 6.45) is 4.54. The summed E-state index contributed by atoms with van der Waals surface area (Å²) in [7, 11) is 0. The van der Waals surface area contributed by atoms with E-state index in [1.54, 1.807) is 0 Å². The lowest BCUT2D eigenvalue weighted by atomic mass is 9.67. The maximum Gasteiger partial charge on any atom is 0.119 e. The van der Waals surface area contributed by atoms with Crippen molar-refractivity contribution in [2.45, 2.75) is 25.7 Å². The SMILES string of the molecule is OCC1(CCOc2ccccc2)CCC1. The first-order valence-corrected chi connectivity index (χ1v) is 5.63. The van der Waals surface area contributed by atoms with Gasteiger partial charge in [0.15, 0.2) is 0 Å². The molecule has 0 aromatic heterocycles. The first-order chi connectivity index (χ1) is 7.35. The smallest absolute Gasteiger partial charge is 0.119 e. The van der Waals surface area contributed by atoms with Gasteiger partial charge in [-0.05, 0) is 36.8 Å². The third kappa shape index (κ3) is 2.51. The van der Waals surface area contributed by atoms with Crippen molar-refractivity contribution in [1.82, 2.24) is 0 Å². The first kappa shape index (κ1) is 10.5. The second-order valence-electron chi connectivity index (χ2n) is 4.42. The Balaban J connectivity index is 1.75. The van der Waals surface area contributed by atoms with E-state index in [0.29, 0.717) is 13.2 Å². The molecule has 1 aliphatic carbocycles. The number of rotatable bonds is 5. The Kier molecular flexibility index (Phi) is 3.27. The average Bonchev–Trinajstić information content (AvgIpc) is 2.24. The molecule has 1 fully saturated rings. The molecule has 0 spiro atoms. The van der Waals surface area contributed by atoms with Gasteiger partial charge in [-0.2, -0.15) is 0 Å².